The molecule has 0 aromatic carbocycles. The van der Waals surface area contributed by atoms with Crippen LogP contribution in [0.4, 0.5) is 0 Å². The Labute approximate surface area is 135 Å². The molecule has 0 aliphatic carbocycles. The third-order valence-corrected chi connectivity index (χ3v) is 5.22. The number of carbonyl (C=O) groups excluding carboxylic acids is 1. The number of furan rings is 1. The lowest BCUT2D eigenvalue weighted by molar-refractivity contribution is -0.138. The van der Waals surface area contributed by atoms with E-state index in [-0.39, 0.29) is 22.5 Å². The van der Waals surface area contributed by atoms with E-state index in [4.69, 9.17) is 9.52 Å². The zero-order valence-corrected chi connectivity index (χ0v) is 14.7. The van der Waals surface area contributed by atoms with Gasteiger partial charge in [-0.3, -0.25) is 9.59 Å². The Bertz CT molecular complexity index is 692. The summed E-state index contributed by atoms with van der Waals surface area (Å²) in [4.78, 5) is 24.8. The zero-order valence-electron chi connectivity index (χ0n) is 13.9. The predicted octanol–water partition coefficient (Wildman–Crippen LogP) is 1.16. The number of nitrogens with zero attached hydrogens (tertiary/aromatic N) is 2. The minimum absolute atomic E-state index is 0.0481. The molecule has 0 saturated heterocycles. The molecule has 1 aromatic heterocycles. The van der Waals surface area contributed by atoms with Gasteiger partial charge in [-0.15, -0.1) is 0 Å². The lowest BCUT2D eigenvalue weighted by Gasteiger charge is -2.26. The Morgan fingerprint density at radius 2 is 1.91 bits per heavy atom. The van der Waals surface area contributed by atoms with Crippen LogP contribution >= 0.6 is 0 Å². The first-order valence-corrected chi connectivity index (χ1v) is 8.52. The lowest BCUT2D eigenvalue weighted by Crippen LogP contribution is -2.41. The number of carboxylic acids is 1. The highest BCUT2D eigenvalue weighted by Gasteiger charge is 2.30. The van der Waals surface area contributed by atoms with Gasteiger partial charge in [-0.25, -0.2) is 12.7 Å². The van der Waals surface area contributed by atoms with Gasteiger partial charge in [0.15, 0.2) is 0 Å². The molecule has 0 bridgehead atoms. The van der Waals surface area contributed by atoms with E-state index in [1.54, 1.807) is 6.92 Å². The van der Waals surface area contributed by atoms with Crippen LogP contribution in [0.25, 0.3) is 0 Å². The first-order valence-electron chi connectivity index (χ1n) is 7.08. The van der Waals surface area contributed by atoms with Gasteiger partial charge in [0.1, 0.15) is 12.3 Å². The third-order valence-electron chi connectivity index (χ3n) is 3.55. The normalized spacial score (nSPS) is 13.1. The summed E-state index contributed by atoms with van der Waals surface area (Å²) >= 11 is 0. The molecule has 1 rings (SSSR count). The van der Waals surface area contributed by atoms with Gasteiger partial charge >= 0.3 is 5.97 Å². The molecule has 1 heterocycles. The molecular formula is C14H22N2O6S. The number of rotatable bonds is 7. The number of aliphatic carboxylic acids is 1. The smallest absolute Gasteiger partial charge is 0.323 e. The summed E-state index contributed by atoms with van der Waals surface area (Å²) < 4.78 is 30.3. The summed E-state index contributed by atoms with van der Waals surface area (Å²) in [5, 5.41) is 8.64. The average molecular weight is 346 g/mol. The number of aryl methyl sites for hydroxylation is 1. The van der Waals surface area contributed by atoms with Gasteiger partial charge in [0, 0.05) is 26.2 Å². The van der Waals surface area contributed by atoms with E-state index in [2.05, 4.69) is 0 Å². The molecule has 1 atom stereocenters. The molecule has 1 unspecified atom stereocenters. The minimum atomic E-state index is -3.81. The van der Waals surface area contributed by atoms with E-state index in [1.165, 1.54) is 25.9 Å². The van der Waals surface area contributed by atoms with E-state index >= 15 is 0 Å². The van der Waals surface area contributed by atoms with Crippen molar-refractivity contribution in [1.29, 1.82) is 0 Å². The molecule has 1 amide bonds. The van der Waals surface area contributed by atoms with Crippen molar-refractivity contribution in [2.24, 2.45) is 0 Å². The second-order valence-corrected chi connectivity index (χ2v) is 7.49. The van der Waals surface area contributed by atoms with Crippen LogP contribution in [0, 0.1) is 6.92 Å². The summed E-state index contributed by atoms with van der Waals surface area (Å²) in [6, 6.07) is 0.839. The van der Waals surface area contributed by atoms with E-state index in [0.717, 1.165) is 10.4 Å². The largest absolute Gasteiger partial charge is 0.480 e. The molecule has 1 aromatic rings. The number of amides is 1. The molecule has 0 radical (unpaired) electrons. The molecule has 1 N–H and O–H groups in total. The van der Waals surface area contributed by atoms with E-state index in [0.29, 0.717) is 6.42 Å². The molecule has 8 nitrogen and oxygen atoms in total. The molecule has 23 heavy (non-hydrogen) atoms. The third kappa shape index (κ3) is 4.11. The van der Waals surface area contributed by atoms with Gasteiger partial charge in [0.25, 0.3) is 15.9 Å². The van der Waals surface area contributed by atoms with Gasteiger partial charge in [0.05, 0.1) is 5.56 Å². The standard InChI is InChI=1S/C14H22N2O6S/c1-6-9(2)16(8-12(17)18)14(19)11-7-13(22-10(11)3)23(20,21)15(4)5/h7,9H,6,8H2,1-5H3,(H,17,18). The van der Waals surface area contributed by atoms with Gasteiger partial charge in [0.2, 0.25) is 5.09 Å². The molecule has 0 spiro atoms. The Hall–Kier alpha value is -1.87. The van der Waals surface area contributed by atoms with E-state index < -0.39 is 28.4 Å². The van der Waals surface area contributed by atoms with Crippen molar-refractivity contribution in [2.45, 2.75) is 38.3 Å². The van der Waals surface area contributed by atoms with Gasteiger partial charge in [-0.05, 0) is 20.3 Å². The van der Waals surface area contributed by atoms with Crippen molar-refractivity contribution in [2.75, 3.05) is 20.6 Å². The van der Waals surface area contributed by atoms with Crippen LogP contribution in [0.15, 0.2) is 15.6 Å². The van der Waals surface area contributed by atoms with Crippen molar-refractivity contribution >= 4 is 21.9 Å². The van der Waals surface area contributed by atoms with Crippen molar-refractivity contribution in [1.82, 2.24) is 9.21 Å². The van der Waals surface area contributed by atoms with Crippen molar-refractivity contribution in [3.05, 3.63) is 17.4 Å². The number of hydrogen-bond donors (Lipinski definition) is 1. The highest BCUT2D eigenvalue weighted by molar-refractivity contribution is 7.88. The highest BCUT2D eigenvalue weighted by atomic mass is 32.2. The summed E-state index contributed by atoms with van der Waals surface area (Å²) in [6.07, 6.45) is 0.568. The summed E-state index contributed by atoms with van der Waals surface area (Å²) in [6.45, 7) is 4.57. The Morgan fingerprint density at radius 1 is 1.35 bits per heavy atom. The molecule has 0 saturated carbocycles. The maximum atomic E-state index is 12.6. The van der Waals surface area contributed by atoms with Crippen LogP contribution in [0.2, 0.25) is 0 Å². The monoisotopic (exact) mass is 346 g/mol. The Kier molecular flexibility index (Phi) is 5.95. The molecule has 0 aliphatic rings. The SMILES string of the molecule is CCC(C)N(CC(=O)O)C(=O)c1cc(S(=O)(=O)N(C)C)oc1C. The minimum Gasteiger partial charge on any atom is -0.480 e. The molecule has 0 fully saturated rings. The topological polar surface area (TPSA) is 108 Å². The maximum absolute atomic E-state index is 12.6. The van der Waals surface area contributed by atoms with Crippen molar-refractivity contribution in [3.8, 4) is 0 Å². The van der Waals surface area contributed by atoms with Crippen molar-refractivity contribution < 1.29 is 27.5 Å². The van der Waals surface area contributed by atoms with Crippen molar-refractivity contribution in [3.63, 3.8) is 0 Å². The first-order chi connectivity index (χ1) is 10.5. The average Bonchev–Trinajstić information content (AvgIpc) is 2.85. The zero-order chi connectivity index (χ0) is 17.9. The van der Waals surface area contributed by atoms with Crippen LogP contribution in [0.1, 0.15) is 36.4 Å². The second kappa shape index (κ2) is 7.14. The fraction of sp³-hybridized carbons (Fsp3) is 0.571. The quantitative estimate of drug-likeness (QED) is 0.794. The lowest BCUT2D eigenvalue weighted by atomic mass is 10.1. The fourth-order valence-corrected chi connectivity index (χ4v) is 2.78. The highest BCUT2D eigenvalue weighted by Crippen LogP contribution is 2.23. The number of carbonyl (C=O) groups is 2. The maximum Gasteiger partial charge on any atom is 0.323 e. The fourth-order valence-electron chi connectivity index (χ4n) is 1.92. The van der Waals surface area contributed by atoms with Crippen LogP contribution in [-0.4, -0.2) is 61.3 Å². The number of hydrogen-bond acceptors (Lipinski definition) is 5. The van der Waals surface area contributed by atoms with Crippen LogP contribution in [0.3, 0.4) is 0 Å². The molecule has 0 aliphatic heterocycles. The summed E-state index contributed by atoms with van der Waals surface area (Å²) in [5.41, 5.74) is 0.0481. The van der Waals surface area contributed by atoms with E-state index in [1.807, 2.05) is 6.92 Å². The van der Waals surface area contributed by atoms with Crippen LogP contribution in [-0.2, 0) is 14.8 Å². The number of sulfonamides is 1. The molecule has 9 heteroatoms. The first kappa shape index (κ1) is 19.2. The number of carboxylic acid groups (broad SMARTS) is 1. The predicted molar refractivity (Wildman–Crippen MR) is 82.7 cm³/mol. The van der Waals surface area contributed by atoms with Crippen LogP contribution in [0.5, 0.6) is 0 Å². The molecule has 130 valence electrons. The van der Waals surface area contributed by atoms with Gasteiger partial charge in [-0.1, -0.05) is 6.92 Å². The Balaban J connectivity index is 3.26. The Morgan fingerprint density at radius 3 is 2.35 bits per heavy atom. The summed E-state index contributed by atoms with van der Waals surface area (Å²) in [5.74, 6) is -1.57. The van der Waals surface area contributed by atoms with Gasteiger partial charge in [-0.2, -0.15) is 0 Å². The van der Waals surface area contributed by atoms with E-state index in [9.17, 15) is 18.0 Å². The summed E-state index contributed by atoms with van der Waals surface area (Å²) in [7, 11) is -1.10. The second-order valence-electron chi connectivity index (χ2n) is 5.41. The molecular weight excluding hydrogens is 324 g/mol. The van der Waals surface area contributed by atoms with Gasteiger partial charge < -0.3 is 14.4 Å². The van der Waals surface area contributed by atoms with Crippen LogP contribution < -0.4 is 0 Å².